The Morgan fingerprint density at radius 1 is 0.346 bits per heavy atom. The van der Waals surface area contributed by atoms with E-state index in [9.17, 15) is 4.79 Å². The van der Waals surface area contributed by atoms with E-state index in [4.69, 9.17) is 9.97 Å². The number of hydrogen-bond acceptors (Lipinski definition) is 3. The van der Waals surface area contributed by atoms with Crippen LogP contribution < -0.4 is 5.69 Å². The molecule has 2 heterocycles. The van der Waals surface area contributed by atoms with Crippen LogP contribution in [0.1, 0.15) is 0 Å². The Hall–Kier alpha value is -7.11. The molecule has 52 heavy (non-hydrogen) atoms. The van der Waals surface area contributed by atoms with Crippen molar-refractivity contribution in [3.8, 4) is 67.5 Å². The number of rotatable bonds is 7. The van der Waals surface area contributed by atoms with E-state index in [1.54, 1.807) is 9.13 Å². The van der Waals surface area contributed by atoms with E-state index < -0.39 is 0 Å². The van der Waals surface area contributed by atoms with Crippen LogP contribution in [0.4, 0.5) is 0 Å². The van der Waals surface area contributed by atoms with Crippen molar-refractivity contribution in [1.29, 1.82) is 0 Å². The lowest BCUT2D eigenvalue weighted by Gasteiger charge is -2.13. The Labute approximate surface area is 301 Å². The van der Waals surface area contributed by atoms with Gasteiger partial charge in [0.25, 0.3) is 0 Å². The summed E-state index contributed by atoms with van der Waals surface area (Å²) in [7, 11) is 0. The zero-order chi connectivity index (χ0) is 34.9. The smallest absolute Gasteiger partial charge is 0.260 e. The first kappa shape index (κ1) is 30.9. The van der Waals surface area contributed by atoms with E-state index in [-0.39, 0.29) is 5.69 Å². The number of fused-ring (bicyclic) bond motifs is 1. The first-order valence-electron chi connectivity index (χ1n) is 17.3. The maximum atomic E-state index is 14.0. The molecule has 0 bridgehead atoms. The molecule has 0 fully saturated rings. The van der Waals surface area contributed by atoms with Crippen LogP contribution >= 0.6 is 0 Å². The number of para-hydroxylation sites is 2. The molecule has 5 heteroatoms. The Bertz CT molecular complexity index is 2720. The van der Waals surface area contributed by atoms with Gasteiger partial charge < -0.3 is 0 Å². The van der Waals surface area contributed by atoms with Gasteiger partial charge in [-0.15, -0.1) is 0 Å². The first-order chi connectivity index (χ1) is 25.7. The van der Waals surface area contributed by atoms with Crippen molar-refractivity contribution in [2.24, 2.45) is 0 Å². The van der Waals surface area contributed by atoms with Gasteiger partial charge in [0.1, 0.15) is 0 Å². The highest BCUT2D eigenvalue weighted by Gasteiger charge is 2.18. The average molecular weight is 669 g/mol. The summed E-state index contributed by atoms with van der Waals surface area (Å²) in [4.78, 5) is 24.2. The molecule has 0 aliphatic carbocycles. The summed E-state index contributed by atoms with van der Waals surface area (Å²) in [6, 6.07) is 65.3. The van der Waals surface area contributed by atoms with E-state index in [1.807, 2.05) is 103 Å². The lowest BCUT2D eigenvalue weighted by Crippen LogP contribution is -2.21. The first-order valence-corrected chi connectivity index (χ1v) is 17.3. The molecule has 0 radical (unpaired) electrons. The van der Waals surface area contributed by atoms with Crippen molar-refractivity contribution in [2.45, 2.75) is 0 Å². The second-order valence-corrected chi connectivity index (χ2v) is 12.6. The van der Waals surface area contributed by atoms with Gasteiger partial charge in [-0.1, -0.05) is 152 Å². The molecule has 0 N–H and O–H groups in total. The molecule has 0 atom stereocenters. The topological polar surface area (TPSA) is 52.7 Å². The van der Waals surface area contributed by atoms with Gasteiger partial charge in [-0.3, -0.25) is 9.13 Å². The number of aromatic nitrogens is 4. The highest BCUT2D eigenvalue weighted by atomic mass is 16.1. The van der Waals surface area contributed by atoms with Crippen molar-refractivity contribution in [3.05, 3.63) is 205 Å². The largest absolute Gasteiger partial charge is 0.338 e. The van der Waals surface area contributed by atoms with Crippen molar-refractivity contribution in [2.75, 3.05) is 0 Å². The highest BCUT2D eigenvalue weighted by Crippen LogP contribution is 2.35. The Kier molecular flexibility index (Phi) is 7.91. The minimum atomic E-state index is -0.109. The zero-order valence-electron chi connectivity index (χ0n) is 28.2. The molecule has 7 aromatic carbocycles. The zero-order valence-corrected chi connectivity index (χ0v) is 28.2. The normalized spacial score (nSPS) is 11.2. The Balaban J connectivity index is 1.15. The fourth-order valence-corrected chi connectivity index (χ4v) is 6.89. The maximum absolute atomic E-state index is 14.0. The SMILES string of the molecule is O=c1n(-c2ccccc2)c2ccc(-c3ccc(-c4cc(-c5ccccc5-c5ccccc5)nc(-c5ccccc5)n4)cc3)cc2n1-c1ccccc1. The van der Waals surface area contributed by atoms with E-state index in [1.165, 1.54) is 0 Å². The molecular formula is C47H32N4O. The summed E-state index contributed by atoms with van der Waals surface area (Å²) in [6.45, 7) is 0. The monoisotopic (exact) mass is 668 g/mol. The Morgan fingerprint density at radius 3 is 1.46 bits per heavy atom. The van der Waals surface area contributed by atoms with Crippen molar-refractivity contribution < 1.29 is 0 Å². The van der Waals surface area contributed by atoms with Crippen molar-refractivity contribution in [3.63, 3.8) is 0 Å². The number of nitrogens with zero attached hydrogens (tertiary/aromatic N) is 4. The van der Waals surface area contributed by atoms with Crippen molar-refractivity contribution >= 4 is 11.0 Å². The average Bonchev–Trinajstić information content (AvgIpc) is 3.52. The summed E-state index contributed by atoms with van der Waals surface area (Å²) in [5, 5.41) is 0. The molecule has 5 nitrogen and oxygen atoms in total. The molecule has 9 aromatic rings. The van der Waals surface area contributed by atoms with Gasteiger partial charge in [-0.2, -0.15) is 0 Å². The lowest BCUT2D eigenvalue weighted by atomic mass is 9.96. The molecule has 9 rings (SSSR count). The summed E-state index contributed by atoms with van der Waals surface area (Å²) in [5.41, 5.74) is 12.2. The maximum Gasteiger partial charge on any atom is 0.338 e. The lowest BCUT2D eigenvalue weighted by molar-refractivity contribution is 0.931. The molecule has 0 aliphatic heterocycles. The summed E-state index contributed by atoms with van der Waals surface area (Å²) in [5.74, 6) is 0.673. The van der Waals surface area contributed by atoms with Crippen LogP contribution in [0.15, 0.2) is 199 Å². The quantitative estimate of drug-likeness (QED) is 0.170. The van der Waals surface area contributed by atoms with E-state index in [2.05, 4.69) is 91.0 Å². The van der Waals surface area contributed by atoms with Gasteiger partial charge in [0.05, 0.1) is 33.8 Å². The van der Waals surface area contributed by atoms with Crippen LogP contribution in [0, 0.1) is 0 Å². The molecule has 246 valence electrons. The van der Waals surface area contributed by atoms with Gasteiger partial charge in [-0.25, -0.2) is 14.8 Å². The fourth-order valence-electron chi connectivity index (χ4n) is 6.89. The molecule has 0 saturated heterocycles. The fraction of sp³-hybridized carbons (Fsp3) is 0. The van der Waals surface area contributed by atoms with E-state index in [0.29, 0.717) is 5.82 Å². The number of hydrogen-bond donors (Lipinski definition) is 0. The predicted molar refractivity (Wildman–Crippen MR) is 212 cm³/mol. The predicted octanol–water partition coefficient (Wildman–Crippen LogP) is 10.9. The van der Waals surface area contributed by atoms with E-state index >= 15 is 0 Å². The molecule has 0 spiro atoms. The number of benzene rings is 7. The summed E-state index contributed by atoms with van der Waals surface area (Å²) < 4.78 is 3.57. The molecule has 0 saturated carbocycles. The molecule has 0 amide bonds. The van der Waals surface area contributed by atoms with Crippen LogP contribution in [0.5, 0.6) is 0 Å². The minimum absolute atomic E-state index is 0.109. The van der Waals surface area contributed by atoms with Crippen LogP contribution in [-0.4, -0.2) is 19.1 Å². The van der Waals surface area contributed by atoms with Gasteiger partial charge in [0, 0.05) is 16.7 Å². The Morgan fingerprint density at radius 2 is 0.827 bits per heavy atom. The van der Waals surface area contributed by atoms with Gasteiger partial charge >= 0.3 is 5.69 Å². The summed E-state index contributed by atoms with van der Waals surface area (Å²) >= 11 is 0. The number of imidazole rings is 1. The van der Waals surface area contributed by atoms with E-state index in [0.717, 1.165) is 72.7 Å². The second kappa shape index (κ2) is 13.3. The molecular weight excluding hydrogens is 637 g/mol. The van der Waals surface area contributed by atoms with Gasteiger partial charge in [0.15, 0.2) is 5.82 Å². The van der Waals surface area contributed by atoms with Crippen LogP contribution in [0.2, 0.25) is 0 Å². The minimum Gasteiger partial charge on any atom is -0.260 e. The molecule has 0 aliphatic rings. The van der Waals surface area contributed by atoms with Crippen LogP contribution in [0.3, 0.4) is 0 Å². The third-order valence-corrected chi connectivity index (χ3v) is 9.43. The third kappa shape index (κ3) is 5.70. The van der Waals surface area contributed by atoms with Gasteiger partial charge in [0.2, 0.25) is 0 Å². The highest BCUT2D eigenvalue weighted by molar-refractivity contribution is 5.87. The van der Waals surface area contributed by atoms with Crippen LogP contribution in [-0.2, 0) is 0 Å². The van der Waals surface area contributed by atoms with Crippen LogP contribution in [0.25, 0.3) is 78.6 Å². The van der Waals surface area contributed by atoms with Crippen molar-refractivity contribution in [1.82, 2.24) is 19.1 Å². The van der Waals surface area contributed by atoms with Gasteiger partial charge in [-0.05, 0) is 64.7 Å². The standard InChI is InChI=1S/C47H32N4O/c52-47-50(38-19-9-3-10-20-38)44-30-29-37(31-45(44)51(47)39-21-11-4-12-22-39)33-25-27-35(28-26-33)42-32-43(49-46(48-42)36-17-7-2-8-18-36)41-24-14-13-23-40(41)34-15-5-1-6-16-34/h1-32H. The summed E-state index contributed by atoms with van der Waals surface area (Å²) in [6.07, 6.45) is 0. The third-order valence-electron chi connectivity index (χ3n) is 9.43. The molecule has 0 unspecified atom stereocenters. The second-order valence-electron chi connectivity index (χ2n) is 12.6. The molecule has 2 aromatic heterocycles.